The van der Waals surface area contributed by atoms with Crippen LogP contribution in [0.2, 0.25) is 0 Å². The van der Waals surface area contributed by atoms with E-state index in [1.54, 1.807) is 0 Å². The van der Waals surface area contributed by atoms with Crippen molar-refractivity contribution in [3.63, 3.8) is 0 Å². The van der Waals surface area contributed by atoms with Crippen molar-refractivity contribution in [1.29, 1.82) is 0 Å². The van der Waals surface area contributed by atoms with Crippen LogP contribution in [0.15, 0.2) is 42.1 Å². The van der Waals surface area contributed by atoms with E-state index in [1.807, 2.05) is 17.5 Å². The number of rotatable bonds is 2. The number of thiophene rings is 1. The van der Waals surface area contributed by atoms with Crippen molar-refractivity contribution in [2.24, 2.45) is 5.73 Å². The Morgan fingerprint density at radius 2 is 2.00 bits per heavy atom. The largest absolute Gasteiger partial charge is 0.398 e. The molecule has 2 heterocycles. The molecule has 2 aliphatic carbocycles. The van der Waals surface area contributed by atoms with Gasteiger partial charge in [-0.3, -0.25) is 0 Å². The fraction of sp³-hybridized carbons (Fsp3) is 0.478. The van der Waals surface area contributed by atoms with E-state index >= 15 is 0 Å². The van der Waals surface area contributed by atoms with Gasteiger partial charge in [0.1, 0.15) is 0 Å². The molecule has 3 N–H and O–H groups in total. The highest BCUT2D eigenvalue weighted by molar-refractivity contribution is 7.20. The minimum Gasteiger partial charge on any atom is -0.398 e. The Hall–Kier alpha value is -1.74. The molecule has 5 rings (SSSR count). The van der Waals surface area contributed by atoms with Crippen LogP contribution in [0.1, 0.15) is 75.2 Å². The van der Waals surface area contributed by atoms with Gasteiger partial charge in [-0.1, -0.05) is 18.2 Å². The molecule has 0 radical (unpaired) electrons. The molecule has 0 saturated heterocycles. The summed E-state index contributed by atoms with van der Waals surface area (Å²) in [6.07, 6.45) is 13.1. The third-order valence-electron chi connectivity index (χ3n) is 5.72. The van der Waals surface area contributed by atoms with Crippen LogP contribution in [-0.2, 0) is 0 Å². The number of nitrogens with two attached hydrogens (primary N) is 1. The molecule has 0 amide bonds. The van der Waals surface area contributed by atoms with Crippen molar-refractivity contribution >= 4 is 27.1 Å². The number of hydrogen-bond donors (Lipinski definition) is 2. The second-order valence-corrected chi connectivity index (χ2v) is 9.61. The van der Waals surface area contributed by atoms with Crippen molar-refractivity contribution < 1.29 is 0 Å². The lowest BCUT2D eigenvalue weighted by Gasteiger charge is -2.27. The molecule has 26 heavy (non-hydrogen) atoms. The molecule has 2 fully saturated rings. The van der Waals surface area contributed by atoms with Gasteiger partial charge in [-0.25, -0.2) is 0 Å². The van der Waals surface area contributed by atoms with Crippen molar-refractivity contribution in [3.05, 3.63) is 52.6 Å². The minimum atomic E-state index is 0.342. The van der Waals surface area contributed by atoms with Gasteiger partial charge in [-0.2, -0.15) is 0 Å². The zero-order valence-electron chi connectivity index (χ0n) is 16.0. The highest BCUT2D eigenvalue weighted by Gasteiger charge is 2.24. The van der Waals surface area contributed by atoms with Gasteiger partial charge in [-0.05, 0) is 99.6 Å². The monoisotopic (exact) mass is 366 g/mol. The molecule has 1 aromatic heterocycles. The van der Waals surface area contributed by atoms with Gasteiger partial charge < -0.3 is 11.1 Å². The van der Waals surface area contributed by atoms with Gasteiger partial charge in [0.2, 0.25) is 0 Å². The van der Waals surface area contributed by atoms with E-state index in [1.165, 1.54) is 71.0 Å². The van der Waals surface area contributed by atoms with E-state index in [-0.39, 0.29) is 0 Å². The van der Waals surface area contributed by atoms with Crippen LogP contribution in [-0.4, -0.2) is 5.54 Å². The van der Waals surface area contributed by atoms with Crippen molar-refractivity contribution in [3.8, 4) is 0 Å². The molecular formula is C23H30N2S. The van der Waals surface area contributed by atoms with E-state index in [0.717, 1.165) is 11.6 Å². The number of nitrogens with one attached hydrogen (secondary N) is 1. The molecule has 1 aliphatic heterocycles. The molecule has 1 aromatic carbocycles. The Bertz CT molecular complexity index is 846. The second-order valence-electron chi connectivity index (χ2n) is 8.52. The Morgan fingerprint density at radius 1 is 1.19 bits per heavy atom. The Kier molecular flexibility index (Phi) is 4.83. The number of allylic oxidation sites excluding steroid dienone is 2. The minimum absolute atomic E-state index is 0.342. The summed E-state index contributed by atoms with van der Waals surface area (Å²) in [6, 6.07) is 9.22. The average Bonchev–Trinajstić information content (AvgIpc) is 3.32. The summed E-state index contributed by atoms with van der Waals surface area (Å²) in [4.78, 5) is 1.27. The topological polar surface area (TPSA) is 38.0 Å². The van der Waals surface area contributed by atoms with Crippen LogP contribution in [0.3, 0.4) is 0 Å². The Labute approximate surface area is 161 Å². The Balaban J connectivity index is 0.000000178. The first kappa shape index (κ1) is 17.7. The molecule has 0 spiro atoms. The summed E-state index contributed by atoms with van der Waals surface area (Å²) in [7, 11) is 0. The molecule has 138 valence electrons. The summed E-state index contributed by atoms with van der Waals surface area (Å²) in [5, 5.41) is 4.65. The predicted octanol–water partition coefficient (Wildman–Crippen LogP) is 6.29. The maximum absolute atomic E-state index is 6.26. The zero-order valence-corrected chi connectivity index (χ0v) is 16.8. The van der Waals surface area contributed by atoms with Gasteiger partial charge in [-0.15, -0.1) is 11.3 Å². The highest BCUT2D eigenvalue weighted by Crippen LogP contribution is 2.42. The van der Waals surface area contributed by atoms with Crippen molar-refractivity contribution in [2.75, 3.05) is 0 Å². The average molecular weight is 367 g/mol. The molecule has 0 unspecified atom stereocenters. The molecule has 0 atom stereocenters. The standard InChI is InChI=1S/C16H17NS.C7H13N/c17-16(11-2-1-3-11)15-9-13-8-12(10-4-5-10)6-7-14(13)18-15;1-7(2)5-3-4-6-8-7/h6-10H,1-5,17H2;4,6,8H,3,5H2,1-2H3. The number of benzene rings is 1. The maximum Gasteiger partial charge on any atom is 0.0512 e. The third-order valence-corrected chi connectivity index (χ3v) is 6.87. The Morgan fingerprint density at radius 3 is 2.54 bits per heavy atom. The second kappa shape index (κ2) is 7.11. The van der Waals surface area contributed by atoms with Crippen LogP contribution >= 0.6 is 11.3 Å². The summed E-state index contributed by atoms with van der Waals surface area (Å²) < 4.78 is 1.37. The van der Waals surface area contributed by atoms with E-state index in [4.69, 9.17) is 5.73 Å². The lowest BCUT2D eigenvalue weighted by molar-refractivity contribution is 0.397. The van der Waals surface area contributed by atoms with E-state index < -0.39 is 0 Å². The van der Waals surface area contributed by atoms with E-state index in [9.17, 15) is 0 Å². The first-order valence-corrected chi connectivity index (χ1v) is 10.8. The summed E-state index contributed by atoms with van der Waals surface area (Å²) >= 11 is 1.84. The first-order valence-electron chi connectivity index (χ1n) is 9.96. The molecule has 0 bridgehead atoms. The highest BCUT2D eigenvalue weighted by atomic mass is 32.1. The number of hydrogen-bond acceptors (Lipinski definition) is 3. The molecular weight excluding hydrogens is 336 g/mol. The SMILES string of the molecule is CC1(C)CCC=CN1.NC(=C1CCC1)c1cc2cc(C3CC3)ccc2s1. The summed E-state index contributed by atoms with van der Waals surface area (Å²) in [5.74, 6) is 0.833. The number of fused-ring (bicyclic) bond motifs is 1. The van der Waals surface area contributed by atoms with Gasteiger partial charge in [0.15, 0.2) is 0 Å². The smallest absolute Gasteiger partial charge is 0.0512 e. The molecule has 2 saturated carbocycles. The van der Waals surface area contributed by atoms with Crippen LogP contribution in [0.25, 0.3) is 15.8 Å². The molecule has 3 aliphatic rings. The van der Waals surface area contributed by atoms with Crippen LogP contribution in [0, 0.1) is 0 Å². The van der Waals surface area contributed by atoms with Gasteiger partial charge in [0.25, 0.3) is 0 Å². The summed E-state index contributed by atoms with van der Waals surface area (Å²) in [5.41, 5.74) is 10.6. The maximum atomic E-state index is 6.26. The normalized spacial score (nSPS) is 20.8. The van der Waals surface area contributed by atoms with Gasteiger partial charge in [0.05, 0.1) is 4.88 Å². The molecule has 3 heteroatoms. The fourth-order valence-corrected chi connectivity index (χ4v) is 4.60. The van der Waals surface area contributed by atoms with Crippen molar-refractivity contribution in [2.45, 2.75) is 70.3 Å². The van der Waals surface area contributed by atoms with Gasteiger partial charge >= 0.3 is 0 Å². The summed E-state index contributed by atoms with van der Waals surface area (Å²) in [6.45, 7) is 4.44. The zero-order chi connectivity index (χ0) is 18.1. The predicted molar refractivity (Wildman–Crippen MR) is 114 cm³/mol. The first-order chi connectivity index (χ1) is 12.5. The molecule has 2 aromatic rings. The van der Waals surface area contributed by atoms with Crippen LogP contribution in [0.5, 0.6) is 0 Å². The fourth-order valence-electron chi connectivity index (χ4n) is 3.55. The van der Waals surface area contributed by atoms with E-state index in [0.29, 0.717) is 5.54 Å². The van der Waals surface area contributed by atoms with Crippen LogP contribution < -0.4 is 11.1 Å². The molecule has 2 nitrogen and oxygen atoms in total. The van der Waals surface area contributed by atoms with Gasteiger partial charge in [0, 0.05) is 15.9 Å². The lowest BCUT2D eigenvalue weighted by atomic mass is 9.90. The third kappa shape index (κ3) is 3.98. The quantitative estimate of drug-likeness (QED) is 0.655. The lowest BCUT2D eigenvalue weighted by Crippen LogP contribution is -2.36. The van der Waals surface area contributed by atoms with Crippen molar-refractivity contribution in [1.82, 2.24) is 5.32 Å². The van der Waals surface area contributed by atoms with Crippen LogP contribution in [0.4, 0.5) is 0 Å². The van der Waals surface area contributed by atoms with E-state index in [2.05, 4.69) is 49.5 Å².